The van der Waals surface area contributed by atoms with E-state index in [0.29, 0.717) is 15.9 Å². The molecule has 0 amide bonds. The van der Waals surface area contributed by atoms with Crippen LogP contribution >= 0.6 is 34.5 Å². The van der Waals surface area contributed by atoms with Crippen LogP contribution in [0.15, 0.2) is 36.5 Å². The Morgan fingerprint density at radius 1 is 1.10 bits per heavy atom. The molecule has 0 unspecified atom stereocenters. The van der Waals surface area contributed by atoms with Crippen molar-refractivity contribution < 1.29 is 0 Å². The highest BCUT2D eigenvalue weighted by Crippen LogP contribution is 2.30. The van der Waals surface area contributed by atoms with Gasteiger partial charge in [0, 0.05) is 11.8 Å². The van der Waals surface area contributed by atoms with Crippen LogP contribution in [0.25, 0.3) is 27.1 Å². The molecule has 0 saturated carbocycles. The van der Waals surface area contributed by atoms with Gasteiger partial charge in [-0.2, -0.15) is 9.61 Å². The van der Waals surface area contributed by atoms with Crippen molar-refractivity contribution in [2.45, 2.75) is 0 Å². The molecule has 0 saturated heterocycles. The number of aromatic amines is 1. The second-order valence-corrected chi connectivity index (χ2v) is 6.11. The molecule has 0 aliphatic carbocycles. The molecule has 5 nitrogen and oxygen atoms in total. The van der Waals surface area contributed by atoms with Crippen LogP contribution in [0.1, 0.15) is 0 Å². The van der Waals surface area contributed by atoms with Crippen molar-refractivity contribution in [2.75, 3.05) is 0 Å². The number of nitrogens with zero attached hydrogens (tertiary/aromatic N) is 4. The van der Waals surface area contributed by atoms with Crippen molar-refractivity contribution in [1.29, 1.82) is 0 Å². The Labute approximate surface area is 133 Å². The fourth-order valence-corrected chi connectivity index (χ4v) is 3.13. The summed E-state index contributed by atoms with van der Waals surface area (Å²) in [5.41, 5.74) is 1.77. The highest BCUT2D eigenvalue weighted by molar-refractivity contribution is 7.19. The lowest BCUT2D eigenvalue weighted by Gasteiger charge is -1.99. The zero-order chi connectivity index (χ0) is 14.4. The van der Waals surface area contributed by atoms with Crippen LogP contribution < -0.4 is 0 Å². The molecule has 0 aliphatic rings. The van der Waals surface area contributed by atoms with E-state index in [1.807, 2.05) is 24.4 Å². The van der Waals surface area contributed by atoms with Crippen molar-refractivity contribution in [3.8, 4) is 22.1 Å². The van der Waals surface area contributed by atoms with E-state index in [2.05, 4.69) is 20.3 Å². The average Bonchev–Trinajstić information content (AvgIpc) is 3.15. The smallest absolute Gasteiger partial charge is 0.235 e. The number of halogens is 2. The number of aromatic nitrogens is 5. The van der Waals surface area contributed by atoms with Crippen LogP contribution in [0.2, 0.25) is 10.0 Å². The molecule has 1 aromatic carbocycles. The Morgan fingerprint density at radius 3 is 2.76 bits per heavy atom. The third-order valence-electron chi connectivity index (χ3n) is 3.00. The molecular formula is C13H7Cl2N5S. The zero-order valence-electron chi connectivity index (χ0n) is 10.4. The largest absolute Gasteiger partial charge is 0.359 e. The van der Waals surface area contributed by atoms with Gasteiger partial charge in [0.05, 0.1) is 15.7 Å². The highest BCUT2D eigenvalue weighted by Gasteiger charge is 2.15. The average molecular weight is 336 g/mol. The summed E-state index contributed by atoms with van der Waals surface area (Å²) in [5.74, 6) is 0.637. The summed E-state index contributed by atoms with van der Waals surface area (Å²) < 4.78 is 1.71. The molecule has 3 heterocycles. The van der Waals surface area contributed by atoms with Crippen LogP contribution in [0.5, 0.6) is 0 Å². The third kappa shape index (κ3) is 2.12. The maximum atomic E-state index is 6.06. The van der Waals surface area contributed by atoms with Crippen molar-refractivity contribution in [2.24, 2.45) is 0 Å². The van der Waals surface area contributed by atoms with E-state index in [9.17, 15) is 0 Å². The van der Waals surface area contributed by atoms with Crippen molar-refractivity contribution in [1.82, 2.24) is 24.8 Å². The lowest BCUT2D eigenvalue weighted by atomic mass is 10.2. The summed E-state index contributed by atoms with van der Waals surface area (Å²) in [4.78, 5) is 3.85. The van der Waals surface area contributed by atoms with E-state index in [1.54, 1.807) is 16.6 Å². The number of rotatable bonds is 2. The van der Waals surface area contributed by atoms with Crippen LogP contribution in [-0.4, -0.2) is 24.8 Å². The maximum Gasteiger partial charge on any atom is 0.235 e. The third-order valence-corrected chi connectivity index (χ3v) is 4.67. The van der Waals surface area contributed by atoms with Gasteiger partial charge < -0.3 is 4.98 Å². The van der Waals surface area contributed by atoms with Gasteiger partial charge in [-0.15, -0.1) is 10.2 Å². The number of hydrogen-bond acceptors (Lipinski definition) is 4. The Kier molecular flexibility index (Phi) is 2.95. The Morgan fingerprint density at radius 2 is 2.00 bits per heavy atom. The van der Waals surface area contributed by atoms with Gasteiger partial charge in [0.25, 0.3) is 0 Å². The van der Waals surface area contributed by atoms with Crippen LogP contribution in [0.3, 0.4) is 0 Å². The lowest BCUT2D eigenvalue weighted by molar-refractivity contribution is 0.968. The molecule has 0 aliphatic heterocycles. The van der Waals surface area contributed by atoms with Crippen LogP contribution in [0.4, 0.5) is 0 Å². The molecule has 21 heavy (non-hydrogen) atoms. The first-order valence-corrected chi connectivity index (χ1v) is 7.61. The van der Waals surface area contributed by atoms with E-state index in [-0.39, 0.29) is 0 Å². The first-order valence-electron chi connectivity index (χ1n) is 6.04. The molecule has 8 heteroatoms. The van der Waals surface area contributed by atoms with Crippen molar-refractivity contribution in [3.63, 3.8) is 0 Å². The summed E-state index contributed by atoms with van der Waals surface area (Å²) >= 11 is 13.5. The maximum absolute atomic E-state index is 6.06. The van der Waals surface area contributed by atoms with E-state index < -0.39 is 0 Å². The number of H-pyrrole nitrogens is 1. The number of hydrogen-bond donors (Lipinski definition) is 1. The Hall–Kier alpha value is -1.89. The second kappa shape index (κ2) is 4.84. The molecule has 0 atom stereocenters. The quantitative estimate of drug-likeness (QED) is 0.598. The summed E-state index contributed by atoms with van der Waals surface area (Å²) in [5, 5.41) is 14.7. The van der Waals surface area contributed by atoms with Gasteiger partial charge in [-0.3, -0.25) is 0 Å². The molecule has 0 spiro atoms. The molecule has 4 aromatic rings. The lowest BCUT2D eigenvalue weighted by Crippen LogP contribution is -1.91. The first kappa shape index (κ1) is 12.8. The van der Waals surface area contributed by atoms with Crippen LogP contribution in [0, 0.1) is 0 Å². The van der Waals surface area contributed by atoms with Crippen molar-refractivity contribution in [3.05, 3.63) is 46.6 Å². The second-order valence-electron chi connectivity index (χ2n) is 4.34. The summed E-state index contributed by atoms with van der Waals surface area (Å²) in [6, 6.07) is 9.23. The molecule has 1 N–H and O–H groups in total. The van der Waals surface area contributed by atoms with Crippen molar-refractivity contribution >= 4 is 39.5 Å². The van der Waals surface area contributed by atoms with Gasteiger partial charge in [0.15, 0.2) is 10.8 Å². The van der Waals surface area contributed by atoms with E-state index in [4.69, 9.17) is 23.2 Å². The highest BCUT2D eigenvalue weighted by atomic mass is 35.5. The minimum absolute atomic E-state index is 0.478. The van der Waals surface area contributed by atoms with Gasteiger partial charge in [0.1, 0.15) is 0 Å². The van der Waals surface area contributed by atoms with Crippen LogP contribution in [-0.2, 0) is 0 Å². The minimum atomic E-state index is 0.478. The number of benzene rings is 1. The van der Waals surface area contributed by atoms with Gasteiger partial charge in [-0.1, -0.05) is 34.5 Å². The number of nitrogens with one attached hydrogen (secondary N) is 1. The molecule has 0 radical (unpaired) electrons. The SMILES string of the molecule is Clc1ccc(-c2nnc3sc(-c4ccc[nH]4)nn23)cc1Cl. The van der Waals surface area contributed by atoms with E-state index >= 15 is 0 Å². The Bertz CT molecular complexity index is 926. The fraction of sp³-hybridized carbons (Fsp3) is 0. The topological polar surface area (TPSA) is 58.9 Å². The normalized spacial score (nSPS) is 11.3. The zero-order valence-corrected chi connectivity index (χ0v) is 12.7. The van der Waals surface area contributed by atoms with Gasteiger partial charge in [-0.05, 0) is 30.3 Å². The van der Waals surface area contributed by atoms with E-state index in [0.717, 1.165) is 21.2 Å². The summed E-state index contributed by atoms with van der Waals surface area (Å²) in [7, 11) is 0. The molecule has 104 valence electrons. The van der Waals surface area contributed by atoms with Gasteiger partial charge in [-0.25, -0.2) is 0 Å². The standard InChI is InChI=1S/C13H7Cl2N5S/c14-8-4-3-7(6-9(8)15)11-17-18-13-20(11)19-12(21-13)10-2-1-5-16-10/h1-6,16H. The summed E-state index contributed by atoms with van der Waals surface area (Å²) in [6.45, 7) is 0. The van der Waals surface area contributed by atoms with E-state index in [1.165, 1.54) is 11.3 Å². The minimum Gasteiger partial charge on any atom is -0.359 e. The molecule has 4 rings (SSSR count). The monoisotopic (exact) mass is 335 g/mol. The van der Waals surface area contributed by atoms with Gasteiger partial charge in [0.2, 0.25) is 4.96 Å². The fourth-order valence-electron chi connectivity index (χ4n) is 2.00. The van der Waals surface area contributed by atoms with Gasteiger partial charge >= 0.3 is 0 Å². The Balaban J connectivity index is 1.87. The number of fused-ring (bicyclic) bond motifs is 1. The predicted octanol–water partition coefficient (Wildman–Crippen LogP) is 4.15. The molecule has 3 aromatic heterocycles. The molecular weight excluding hydrogens is 329 g/mol. The predicted molar refractivity (Wildman–Crippen MR) is 83.9 cm³/mol. The molecule has 0 bridgehead atoms. The molecule has 0 fully saturated rings. The summed E-state index contributed by atoms with van der Waals surface area (Å²) in [6.07, 6.45) is 1.86. The first-order chi connectivity index (χ1) is 10.2.